The molecule has 2 heterocycles. The number of hydrogen-bond donors (Lipinski definition) is 1. The minimum absolute atomic E-state index is 0.0876. The van der Waals surface area contributed by atoms with Gasteiger partial charge in [-0.1, -0.05) is 42.5 Å². The first-order valence-electron chi connectivity index (χ1n) is 9.60. The number of rotatable bonds is 6. The quantitative estimate of drug-likeness (QED) is 0.587. The highest BCUT2D eigenvalue weighted by molar-refractivity contribution is 5.21. The van der Waals surface area contributed by atoms with E-state index in [1.165, 1.54) is 0 Å². The van der Waals surface area contributed by atoms with Gasteiger partial charge in [-0.05, 0) is 25.8 Å². The van der Waals surface area contributed by atoms with Crippen LogP contribution in [-0.2, 0) is 35.0 Å². The molecule has 3 aliphatic rings. The molecule has 0 radical (unpaired) electrons. The lowest BCUT2D eigenvalue weighted by Gasteiger charge is -2.45. The van der Waals surface area contributed by atoms with Crippen molar-refractivity contribution in [3.05, 3.63) is 48.0 Å². The zero-order chi connectivity index (χ0) is 19.8. The van der Waals surface area contributed by atoms with Gasteiger partial charge in [0.05, 0.1) is 12.7 Å². The van der Waals surface area contributed by atoms with Gasteiger partial charge in [-0.2, -0.15) is 0 Å². The number of methoxy groups -OCH3 is 1. The Labute approximate surface area is 165 Å². The van der Waals surface area contributed by atoms with Crippen LogP contribution >= 0.6 is 0 Å². The van der Waals surface area contributed by atoms with E-state index in [4.69, 9.17) is 28.4 Å². The molecule has 2 aliphatic heterocycles. The van der Waals surface area contributed by atoms with E-state index in [0.29, 0.717) is 13.0 Å². The number of aliphatic hydroxyl groups excluding tert-OH is 1. The van der Waals surface area contributed by atoms with E-state index in [-0.39, 0.29) is 6.79 Å². The van der Waals surface area contributed by atoms with Gasteiger partial charge in [-0.15, -0.1) is 0 Å². The summed E-state index contributed by atoms with van der Waals surface area (Å²) >= 11 is 0. The minimum Gasteiger partial charge on any atom is -0.386 e. The predicted octanol–water partition coefficient (Wildman–Crippen LogP) is 2.13. The van der Waals surface area contributed by atoms with Crippen molar-refractivity contribution < 1.29 is 33.5 Å². The van der Waals surface area contributed by atoms with Gasteiger partial charge in [0.2, 0.25) is 0 Å². The molecule has 0 bridgehead atoms. The second-order valence-corrected chi connectivity index (χ2v) is 7.83. The van der Waals surface area contributed by atoms with Crippen LogP contribution in [0.15, 0.2) is 42.5 Å². The summed E-state index contributed by atoms with van der Waals surface area (Å²) in [6.07, 6.45) is 1.07. The van der Waals surface area contributed by atoms with Crippen molar-refractivity contribution in [2.45, 2.75) is 69.0 Å². The Morgan fingerprint density at radius 1 is 1.11 bits per heavy atom. The molecule has 1 aromatic rings. The molecule has 7 nitrogen and oxygen atoms in total. The second kappa shape index (κ2) is 7.84. The van der Waals surface area contributed by atoms with Gasteiger partial charge in [0.25, 0.3) is 0 Å². The zero-order valence-corrected chi connectivity index (χ0v) is 16.4. The number of benzene rings is 1. The molecule has 1 aliphatic carbocycles. The topological polar surface area (TPSA) is 75.6 Å². The maximum Gasteiger partial charge on any atom is 0.190 e. The Hall–Kier alpha value is -1.32. The van der Waals surface area contributed by atoms with Gasteiger partial charge >= 0.3 is 0 Å². The molecule has 0 saturated carbocycles. The highest BCUT2D eigenvalue weighted by Crippen LogP contribution is 2.49. The van der Waals surface area contributed by atoms with Crippen molar-refractivity contribution in [2.75, 3.05) is 13.9 Å². The third-order valence-corrected chi connectivity index (χ3v) is 5.44. The summed E-state index contributed by atoms with van der Waals surface area (Å²) in [5.41, 5.74) is -0.122. The van der Waals surface area contributed by atoms with Gasteiger partial charge in [-0.25, -0.2) is 0 Å². The van der Waals surface area contributed by atoms with Gasteiger partial charge in [0.15, 0.2) is 17.7 Å². The van der Waals surface area contributed by atoms with E-state index in [1.54, 1.807) is 13.2 Å². The first kappa shape index (κ1) is 20.0. The summed E-state index contributed by atoms with van der Waals surface area (Å²) in [4.78, 5) is 0. The first-order chi connectivity index (χ1) is 13.5. The van der Waals surface area contributed by atoms with Crippen LogP contribution in [0, 0.1) is 0 Å². The van der Waals surface area contributed by atoms with Gasteiger partial charge < -0.3 is 33.5 Å². The molecule has 28 heavy (non-hydrogen) atoms. The molecule has 0 amide bonds. The third-order valence-electron chi connectivity index (χ3n) is 5.44. The molecule has 154 valence electrons. The van der Waals surface area contributed by atoms with E-state index in [9.17, 15) is 5.11 Å². The lowest BCUT2D eigenvalue weighted by atomic mass is 9.79. The van der Waals surface area contributed by atoms with Crippen molar-refractivity contribution in [3.8, 4) is 0 Å². The van der Waals surface area contributed by atoms with Crippen LogP contribution in [0.25, 0.3) is 0 Å². The Morgan fingerprint density at radius 3 is 2.64 bits per heavy atom. The van der Waals surface area contributed by atoms with E-state index < -0.39 is 42.1 Å². The van der Waals surface area contributed by atoms with Crippen LogP contribution < -0.4 is 0 Å². The molecule has 7 heteroatoms. The lowest BCUT2D eigenvalue weighted by molar-refractivity contribution is -0.293. The van der Waals surface area contributed by atoms with Crippen molar-refractivity contribution >= 4 is 0 Å². The SMILES string of the molecule is COCO[C@H]1CC=C[C@@H](O)C12O[C@@H]1OC(C)(C)O[C@@H]1[C@H]2OCc1ccccc1. The molecule has 4 rings (SSSR count). The van der Waals surface area contributed by atoms with Gasteiger partial charge in [0, 0.05) is 7.11 Å². The van der Waals surface area contributed by atoms with Crippen LogP contribution in [0.2, 0.25) is 0 Å². The number of aliphatic hydroxyl groups is 1. The molecule has 1 N–H and O–H groups in total. The largest absolute Gasteiger partial charge is 0.386 e. The summed E-state index contributed by atoms with van der Waals surface area (Å²) < 4.78 is 35.7. The maximum atomic E-state index is 11.0. The third kappa shape index (κ3) is 3.52. The molecule has 2 saturated heterocycles. The van der Waals surface area contributed by atoms with Crippen LogP contribution in [0.4, 0.5) is 0 Å². The van der Waals surface area contributed by atoms with E-state index in [0.717, 1.165) is 5.56 Å². The molecule has 1 aromatic carbocycles. The highest BCUT2D eigenvalue weighted by Gasteiger charge is 2.68. The Bertz CT molecular complexity index is 691. The van der Waals surface area contributed by atoms with Crippen LogP contribution in [-0.4, -0.2) is 61.1 Å². The van der Waals surface area contributed by atoms with Gasteiger partial charge in [-0.3, -0.25) is 0 Å². The van der Waals surface area contributed by atoms with Gasteiger partial charge in [0.1, 0.15) is 25.1 Å². The smallest absolute Gasteiger partial charge is 0.190 e. The fourth-order valence-corrected chi connectivity index (χ4v) is 4.27. The fraction of sp³-hybridized carbons (Fsp3) is 0.619. The first-order valence-corrected chi connectivity index (χ1v) is 9.60. The Kier molecular flexibility index (Phi) is 5.59. The monoisotopic (exact) mass is 392 g/mol. The van der Waals surface area contributed by atoms with E-state index in [2.05, 4.69) is 0 Å². The van der Waals surface area contributed by atoms with Crippen molar-refractivity contribution in [2.24, 2.45) is 0 Å². The molecule has 1 unspecified atom stereocenters. The van der Waals surface area contributed by atoms with Crippen molar-refractivity contribution in [1.82, 2.24) is 0 Å². The summed E-state index contributed by atoms with van der Waals surface area (Å²) in [6, 6.07) is 9.87. The number of hydrogen-bond acceptors (Lipinski definition) is 7. The van der Waals surface area contributed by atoms with Crippen molar-refractivity contribution in [3.63, 3.8) is 0 Å². The summed E-state index contributed by atoms with van der Waals surface area (Å²) in [7, 11) is 1.56. The standard InChI is InChI=1S/C21H28O7/c1-20(2)26-17-18(24-12-14-8-5-4-6-9-14)21(28-19(17)27-20)15(22)10-7-11-16(21)25-13-23-3/h4-10,15-19,22H,11-13H2,1-3H3/t15-,16+,17-,18-,19+,21?/m1/s1. The number of fused-ring (bicyclic) bond motifs is 1. The van der Waals surface area contributed by atoms with Crippen LogP contribution in [0.1, 0.15) is 25.8 Å². The summed E-state index contributed by atoms with van der Waals surface area (Å²) in [6.45, 7) is 4.12. The molecule has 0 aromatic heterocycles. The molecule has 6 atom stereocenters. The molecular weight excluding hydrogens is 364 g/mol. The normalized spacial score (nSPS) is 38.8. The predicted molar refractivity (Wildman–Crippen MR) is 99.2 cm³/mol. The maximum absolute atomic E-state index is 11.0. The highest BCUT2D eigenvalue weighted by atomic mass is 16.9. The Morgan fingerprint density at radius 2 is 1.89 bits per heavy atom. The summed E-state index contributed by atoms with van der Waals surface area (Å²) in [5, 5.41) is 11.0. The van der Waals surface area contributed by atoms with Crippen LogP contribution in [0.5, 0.6) is 0 Å². The fourth-order valence-electron chi connectivity index (χ4n) is 4.27. The van der Waals surface area contributed by atoms with E-state index >= 15 is 0 Å². The average Bonchev–Trinajstić information content (AvgIpc) is 3.12. The summed E-state index contributed by atoms with van der Waals surface area (Å²) in [5.74, 6) is -0.788. The van der Waals surface area contributed by atoms with E-state index in [1.807, 2.05) is 50.3 Å². The average molecular weight is 392 g/mol. The van der Waals surface area contributed by atoms with Crippen LogP contribution in [0.3, 0.4) is 0 Å². The Balaban J connectivity index is 1.64. The zero-order valence-electron chi connectivity index (χ0n) is 16.4. The minimum atomic E-state index is -1.14. The van der Waals surface area contributed by atoms with Crippen molar-refractivity contribution in [1.29, 1.82) is 0 Å². The molecule has 2 fully saturated rings. The molecular formula is C21H28O7. The number of ether oxygens (including phenoxy) is 6. The second-order valence-electron chi connectivity index (χ2n) is 7.83. The molecule has 1 spiro atoms. The lowest BCUT2D eigenvalue weighted by Crippen LogP contribution is -2.63.